The topological polar surface area (TPSA) is 21.3 Å². The SMILES string of the molecule is C#CCOc1ccccc1CNCCCCCC. The monoisotopic (exact) mass is 245 g/mol. The Hall–Kier alpha value is -1.46. The Bertz CT molecular complexity index is 368. The standard InChI is InChI=1S/C16H23NO/c1-3-5-6-9-12-17-14-15-10-7-8-11-16(15)18-13-4-2/h2,7-8,10-11,17H,3,5-6,9,12-14H2,1H3. The maximum Gasteiger partial charge on any atom is 0.148 e. The first-order valence-corrected chi connectivity index (χ1v) is 6.73. The van der Waals surface area contributed by atoms with Gasteiger partial charge in [0, 0.05) is 12.1 Å². The second-order valence-electron chi connectivity index (χ2n) is 4.34. The molecule has 0 atom stereocenters. The molecule has 0 saturated heterocycles. The minimum atomic E-state index is 0.327. The van der Waals surface area contributed by atoms with Crippen LogP contribution in [0.4, 0.5) is 0 Å². The summed E-state index contributed by atoms with van der Waals surface area (Å²) >= 11 is 0. The molecule has 0 fully saturated rings. The van der Waals surface area contributed by atoms with Gasteiger partial charge in [-0.05, 0) is 19.0 Å². The maximum atomic E-state index is 5.51. The lowest BCUT2D eigenvalue weighted by Crippen LogP contribution is -2.15. The number of hydrogen-bond donors (Lipinski definition) is 1. The predicted octanol–water partition coefficient (Wildman–Crippen LogP) is 3.37. The lowest BCUT2D eigenvalue weighted by Gasteiger charge is -2.10. The van der Waals surface area contributed by atoms with Crippen molar-refractivity contribution >= 4 is 0 Å². The van der Waals surface area contributed by atoms with E-state index in [9.17, 15) is 0 Å². The van der Waals surface area contributed by atoms with Crippen LogP contribution >= 0.6 is 0 Å². The van der Waals surface area contributed by atoms with E-state index in [2.05, 4.69) is 24.2 Å². The number of hydrogen-bond acceptors (Lipinski definition) is 2. The summed E-state index contributed by atoms with van der Waals surface area (Å²) in [7, 11) is 0. The first-order chi connectivity index (χ1) is 8.88. The maximum absolute atomic E-state index is 5.51. The van der Waals surface area contributed by atoms with Gasteiger partial charge in [0.05, 0.1) is 0 Å². The fourth-order valence-corrected chi connectivity index (χ4v) is 1.81. The Morgan fingerprint density at radius 2 is 2.06 bits per heavy atom. The molecule has 18 heavy (non-hydrogen) atoms. The largest absolute Gasteiger partial charge is 0.481 e. The van der Waals surface area contributed by atoms with Gasteiger partial charge in [-0.1, -0.05) is 50.3 Å². The van der Waals surface area contributed by atoms with Crippen molar-refractivity contribution in [3.8, 4) is 18.1 Å². The summed E-state index contributed by atoms with van der Waals surface area (Å²) in [6.45, 7) is 4.45. The number of rotatable bonds is 9. The number of ether oxygens (including phenoxy) is 1. The van der Waals surface area contributed by atoms with Crippen molar-refractivity contribution in [2.24, 2.45) is 0 Å². The summed E-state index contributed by atoms with van der Waals surface area (Å²) in [4.78, 5) is 0. The molecule has 0 amide bonds. The van der Waals surface area contributed by atoms with E-state index >= 15 is 0 Å². The van der Waals surface area contributed by atoms with Crippen molar-refractivity contribution in [3.05, 3.63) is 29.8 Å². The molecule has 0 saturated carbocycles. The molecule has 1 N–H and O–H groups in total. The van der Waals surface area contributed by atoms with E-state index in [1.165, 1.54) is 31.2 Å². The Morgan fingerprint density at radius 1 is 1.22 bits per heavy atom. The van der Waals surface area contributed by atoms with Gasteiger partial charge in [-0.15, -0.1) is 6.42 Å². The molecule has 1 aromatic carbocycles. The summed E-state index contributed by atoms with van der Waals surface area (Å²) in [5.41, 5.74) is 1.17. The zero-order valence-corrected chi connectivity index (χ0v) is 11.2. The molecule has 0 aliphatic rings. The van der Waals surface area contributed by atoms with Crippen molar-refractivity contribution in [2.75, 3.05) is 13.2 Å². The van der Waals surface area contributed by atoms with Crippen molar-refractivity contribution < 1.29 is 4.74 Å². The highest BCUT2D eigenvalue weighted by atomic mass is 16.5. The van der Waals surface area contributed by atoms with E-state index in [4.69, 9.17) is 11.2 Å². The second-order valence-corrected chi connectivity index (χ2v) is 4.34. The molecule has 0 aliphatic carbocycles. The van der Waals surface area contributed by atoms with Crippen LogP contribution in [0.1, 0.15) is 38.2 Å². The quantitative estimate of drug-likeness (QED) is 0.532. The highest BCUT2D eigenvalue weighted by Gasteiger charge is 2.01. The number of unbranched alkanes of at least 4 members (excludes halogenated alkanes) is 3. The fourth-order valence-electron chi connectivity index (χ4n) is 1.81. The predicted molar refractivity (Wildman–Crippen MR) is 76.6 cm³/mol. The summed E-state index contributed by atoms with van der Waals surface area (Å²) in [5, 5.41) is 3.45. The van der Waals surface area contributed by atoms with E-state index in [0.717, 1.165) is 18.8 Å². The summed E-state index contributed by atoms with van der Waals surface area (Å²) < 4.78 is 5.51. The molecule has 0 heterocycles. The molecular weight excluding hydrogens is 222 g/mol. The van der Waals surface area contributed by atoms with E-state index in [1.807, 2.05) is 18.2 Å². The average Bonchev–Trinajstić information content (AvgIpc) is 2.41. The van der Waals surface area contributed by atoms with E-state index in [-0.39, 0.29) is 0 Å². The van der Waals surface area contributed by atoms with Crippen molar-refractivity contribution in [1.29, 1.82) is 0 Å². The van der Waals surface area contributed by atoms with Gasteiger partial charge < -0.3 is 10.1 Å². The molecule has 0 aromatic heterocycles. The van der Waals surface area contributed by atoms with Gasteiger partial charge >= 0.3 is 0 Å². The molecule has 0 radical (unpaired) electrons. The van der Waals surface area contributed by atoms with Gasteiger partial charge in [0.25, 0.3) is 0 Å². The smallest absolute Gasteiger partial charge is 0.148 e. The zero-order valence-electron chi connectivity index (χ0n) is 11.2. The van der Waals surface area contributed by atoms with Crippen molar-refractivity contribution in [2.45, 2.75) is 39.2 Å². The molecule has 2 nitrogen and oxygen atoms in total. The lowest BCUT2D eigenvalue weighted by molar-refractivity contribution is 0.364. The molecular formula is C16H23NO. The minimum Gasteiger partial charge on any atom is -0.481 e. The number of terminal acetylenes is 1. The molecule has 98 valence electrons. The van der Waals surface area contributed by atoms with E-state index in [0.29, 0.717) is 6.61 Å². The molecule has 0 aliphatic heterocycles. The molecule has 1 aromatic rings. The molecule has 2 heteroatoms. The molecule has 0 spiro atoms. The summed E-state index contributed by atoms with van der Waals surface area (Å²) in [5.74, 6) is 3.38. The van der Waals surface area contributed by atoms with Crippen LogP contribution in [0.5, 0.6) is 5.75 Å². The molecule has 1 rings (SSSR count). The van der Waals surface area contributed by atoms with Crippen molar-refractivity contribution in [3.63, 3.8) is 0 Å². The highest BCUT2D eigenvalue weighted by molar-refractivity contribution is 5.33. The van der Waals surface area contributed by atoms with Gasteiger partial charge in [0.1, 0.15) is 12.4 Å². The fraction of sp³-hybridized carbons (Fsp3) is 0.500. The van der Waals surface area contributed by atoms with Crippen LogP contribution in [0.15, 0.2) is 24.3 Å². The van der Waals surface area contributed by atoms with Crippen LogP contribution in [0.3, 0.4) is 0 Å². The van der Waals surface area contributed by atoms with Crippen LogP contribution in [-0.2, 0) is 6.54 Å². The van der Waals surface area contributed by atoms with E-state index < -0.39 is 0 Å². The Kier molecular flexibility index (Phi) is 7.75. The Morgan fingerprint density at radius 3 is 2.83 bits per heavy atom. The van der Waals surface area contributed by atoms with Gasteiger partial charge in [0.15, 0.2) is 0 Å². The third-order valence-electron chi connectivity index (χ3n) is 2.81. The van der Waals surface area contributed by atoms with Crippen molar-refractivity contribution in [1.82, 2.24) is 5.32 Å². The third-order valence-corrected chi connectivity index (χ3v) is 2.81. The Labute approximate surface area is 111 Å². The number of benzene rings is 1. The summed E-state index contributed by atoms with van der Waals surface area (Å²) in [6.07, 6.45) is 10.3. The second kappa shape index (κ2) is 9.56. The third kappa shape index (κ3) is 5.75. The lowest BCUT2D eigenvalue weighted by atomic mass is 10.2. The van der Waals surface area contributed by atoms with Crippen LogP contribution in [0, 0.1) is 12.3 Å². The van der Waals surface area contributed by atoms with Crippen LogP contribution in [0.2, 0.25) is 0 Å². The van der Waals surface area contributed by atoms with Gasteiger partial charge in [-0.25, -0.2) is 0 Å². The first kappa shape index (κ1) is 14.6. The van der Waals surface area contributed by atoms with Crippen LogP contribution < -0.4 is 10.1 Å². The first-order valence-electron chi connectivity index (χ1n) is 6.73. The molecule has 0 unspecified atom stereocenters. The van der Waals surface area contributed by atoms with Gasteiger partial charge in [-0.3, -0.25) is 0 Å². The number of para-hydroxylation sites is 1. The average molecular weight is 245 g/mol. The summed E-state index contributed by atoms with van der Waals surface area (Å²) in [6, 6.07) is 8.03. The van der Waals surface area contributed by atoms with E-state index in [1.54, 1.807) is 0 Å². The highest BCUT2D eigenvalue weighted by Crippen LogP contribution is 2.17. The van der Waals surface area contributed by atoms with Crippen LogP contribution in [-0.4, -0.2) is 13.2 Å². The van der Waals surface area contributed by atoms with Gasteiger partial charge in [0.2, 0.25) is 0 Å². The zero-order chi connectivity index (χ0) is 13.1. The van der Waals surface area contributed by atoms with Gasteiger partial charge in [-0.2, -0.15) is 0 Å². The number of nitrogens with one attached hydrogen (secondary N) is 1. The van der Waals surface area contributed by atoms with Crippen LogP contribution in [0.25, 0.3) is 0 Å². The normalized spacial score (nSPS) is 10.0. The minimum absolute atomic E-state index is 0.327. The Balaban J connectivity index is 2.30. The molecule has 0 bridgehead atoms.